The van der Waals surface area contributed by atoms with Crippen LogP contribution in [-0.4, -0.2) is 40.4 Å². The van der Waals surface area contributed by atoms with Crippen LogP contribution in [0.2, 0.25) is 0 Å². The standard InChI is InChI=1S/C9H11F2NO3/c10-7(11)8(13)12-4-1-2-6(12)5(3-4)9(14)15/h4-7H,1-3H2,(H,14,15). The molecule has 0 aliphatic carbocycles. The smallest absolute Gasteiger partial charge is 0.315 e. The normalized spacial score (nSPS) is 33.8. The number of aliphatic carboxylic acids is 1. The Kier molecular flexibility index (Phi) is 2.36. The summed E-state index contributed by atoms with van der Waals surface area (Å²) in [5, 5.41) is 8.85. The molecule has 4 nitrogen and oxygen atoms in total. The molecule has 2 aliphatic rings. The Morgan fingerprint density at radius 2 is 2.00 bits per heavy atom. The van der Waals surface area contributed by atoms with E-state index in [0.717, 1.165) is 4.90 Å². The maximum atomic E-state index is 12.2. The van der Waals surface area contributed by atoms with Crippen LogP contribution < -0.4 is 0 Å². The number of amides is 1. The largest absolute Gasteiger partial charge is 0.481 e. The highest BCUT2D eigenvalue weighted by atomic mass is 19.3. The Morgan fingerprint density at radius 1 is 1.33 bits per heavy atom. The van der Waals surface area contributed by atoms with E-state index < -0.39 is 30.3 Å². The van der Waals surface area contributed by atoms with Crippen LogP contribution in [0.15, 0.2) is 0 Å². The van der Waals surface area contributed by atoms with Gasteiger partial charge in [0.15, 0.2) is 0 Å². The minimum absolute atomic E-state index is 0.294. The predicted molar refractivity (Wildman–Crippen MR) is 45.4 cm³/mol. The molecule has 2 heterocycles. The van der Waals surface area contributed by atoms with Crippen LogP contribution in [0.5, 0.6) is 0 Å². The van der Waals surface area contributed by atoms with Gasteiger partial charge in [-0.2, -0.15) is 8.78 Å². The van der Waals surface area contributed by atoms with Gasteiger partial charge in [0.1, 0.15) is 0 Å². The van der Waals surface area contributed by atoms with Crippen molar-refractivity contribution in [3.8, 4) is 0 Å². The van der Waals surface area contributed by atoms with E-state index in [1.165, 1.54) is 0 Å². The average Bonchev–Trinajstić information content (AvgIpc) is 2.72. The van der Waals surface area contributed by atoms with E-state index in [9.17, 15) is 18.4 Å². The summed E-state index contributed by atoms with van der Waals surface area (Å²) in [7, 11) is 0. The van der Waals surface area contributed by atoms with Crippen LogP contribution in [0.3, 0.4) is 0 Å². The molecule has 2 rings (SSSR count). The number of hydrogen-bond acceptors (Lipinski definition) is 2. The number of hydrogen-bond donors (Lipinski definition) is 1. The number of halogens is 2. The molecule has 2 fully saturated rings. The van der Waals surface area contributed by atoms with Crippen molar-refractivity contribution in [3.05, 3.63) is 0 Å². The minimum Gasteiger partial charge on any atom is -0.481 e. The number of nitrogens with zero attached hydrogens (tertiary/aromatic N) is 1. The fourth-order valence-electron chi connectivity index (χ4n) is 2.71. The molecular formula is C9H11F2NO3. The first-order chi connectivity index (χ1) is 7.02. The number of rotatable bonds is 2. The van der Waals surface area contributed by atoms with Gasteiger partial charge in [-0.1, -0.05) is 0 Å². The second kappa shape index (κ2) is 3.43. The molecule has 1 N–H and O–H groups in total. The summed E-state index contributed by atoms with van der Waals surface area (Å²) in [5.41, 5.74) is 0. The van der Waals surface area contributed by atoms with Crippen molar-refractivity contribution in [2.24, 2.45) is 5.92 Å². The monoisotopic (exact) mass is 219 g/mol. The van der Waals surface area contributed by atoms with Crippen molar-refractivity contribution < 1.29 is 23.5 Å². The first-order valence-corrected chi connectivity index (χ1v) is 4.85. The molecule has 2 saturated heterocycles. The van der Waals surface area contributed by atoms with Crippen molar-refractivity contribution in [1.29, 1.82) is 0 Å². The van der Waals surface area contributed by atoms with Crippen molar-refractivity contribution in [2.75, 3.05) is 0 Å². The predicted octanol–water partition coefficient (Wildman–Crippen LogP) is 0.716. The lowest BCUT2D eigenvalue weighted by Crippen LogP contribution is -2.41. The average molecular weight is 219 g/mol. The van der Waals surface area contributed by atoms with Crippen LogP contribution >= 0.6 is 0 Å². The van der Waals surface area contributed by atoms with Crippen LogP contribution in [0.25, 0.3) is 0 Å². The molecule has 0 aromatic heterocycles. The fraction of sp³-hybridized carbons (Fsp3) is 0.778. The summed E-state index contributed by atoms with van der Waals surface area (Å²) in [4.78, 5) is 23.0. The minimum atomic E-state index is -3.03. The van der Waals surface area contributed by atoms with E-state index in [-0.39, 0.29) is 6.04 Å². The summed E-state index contributed by atoms with van der Waals surface area (Å²) in [6.45, 7) is 0. The molecular weight excluding hydrogens is 208 g/mol. The molecule has 3 unspecified atom stereocenters. The highest BCUT2D eigenvalue weighted by Crippen LogP contribution is 2.42. The Balaban J connectivity index is 2.16. The van der Waals surface area contributed by atoms with Gasteiger partial charge in [-0.15, -0.1) is 0 Å². The Morgan fingerprint density at radius 3 is 2.47 bits per heavy atom. The molecule has 6 heteroatoms. The number of alkyl halides is 2. The molecule has 0 aromatic carbocycles. The van der Waals surface area contributed by atoms with Crippen molar-refractivity contribution >= 4 is 11.9 Å². The lowest BCUT2D eigenvalue weighted by Gasteiger charge is -2.22. The van der Waals surface area contributed by atoms with Crippen LogP contribution in [0.4, 0.5) is 8.78 Å². The van der Waals surface area contributed by atoms with E-state index in [1.54, 1.807) is 0 Å². The molecule has 3 atom stereocenters. The van der Waals surface area contributed by atoms with Gasteiger partial charge in [-0.3, -0.25) is 9.59 Å². The maximum Gasteiger partial charge on any atom is 0.315 e. The van der Waals surface area contributed by atoms with Gasteiger partial charge >= 0.3 is 12.4 Å². The van der Waals surface area contributed by atoms with Gasteiger partial charge in [-0.25, -0.2) is 0 Å². The van der Waals surface area contributed by atoms with E-state index >= 15 is 0 Å². The quantitative estimate of drug-likeness (QED) is 0.744. The first-order valence-electron chi connectivity index (χ1n) is 4.85. The number of carbonyl (C=O) groups is 2. The fourth-order valence-corrected chi connectivity index (χ4v) is 2.71. The Labute approximate surface area is 84.9 Å². The molecule has 0 saturated carbocycles. The van der Waals surface area contributed by atoms with E-state index in [1.807, 2.05) is 0 Å². The van der Waals surface area contributed by atoms with E-state index in [4.69, 9.17) is 5.11 Å². The van der Waals surface area contributed by atoms with E-state index in [2.05, 4.69) is 0 Å². The SMILES string of the molecule is O=C(O)C1CC2CCC1N2C(=O)C(F)F. The molecule has 1 amide bonds. The molecule has 2 bridgehead atoms. The van der Waals surface area contributed by atoms with Gasteiger partial charge in [0, 0.05) is 12.1 Å². The second-order valence-electron chi connectivity index (χ2n) is 4.03. The third-order valence-electron chi connectivity index (χ3n) is 3.30. The lowest BCUT2D eigenvalue weighted by atomic mass is 9.89. The van der Waals surface area contributed by atoms with Crippen molar-refractivity contribution in [2.45, 2.75) is 37.8 Å². The topological polar surface area (TPSA) is 57.6 Å². The summed E-state index contributed by atoms with van der Waals surface area (Å²) in [6.07, 6.45) is -1.54. The van der Waals surface area contributed by atoms with Crippen molar-refractivity contribution in [3.63, 3.8) is 0 Å². The van der Waals surface area contributed by atoms with Crippen molar-refractivity contribution in [1.82, 2.24) is 4.90 Å². The zero-order valence-corrected chi connectivity index (χ0v) is 7.90. The zero-order chi connectivity index (χ0) is 11.2. The highest BCUT2D eigenvalue weighted by molar-refractivity contribution is 5.82. The number of carbonyl (C=O) groups excluding carboxylic acids is 1. The third kappa shape index (κ3) is 1.48. The maximum absolute atomic E-state index is 12.2. The van der Waals surface area contributed by atoms with Gasteiger partial charge in [-0.05, 0) is 19.3 Å². The molecule has 2 aliphatic heterocycles. The third-order valence-corrected chi connectivity index (χ3v) is 3.30. The number of fused-ring (bicyclic) bond motifs is 2. The summed E-state index contributed by atoms with van der Waals surface area (Å²) >= 11 is 0. The lowest BCUT2D eigenvalue weighted by molar-refractivity contribution is -0.146. The second-order valence-corrected chi connectivity index (χ2v) is 4.03. The van der Waals surface area contributed by atoms with Gasteiger partial charge < -0.3 is 10.0 Å². The van der Waals surface area contributed by atoms with Gasteiger partial charge in [0.05, 0.1) is 5.92 Å². The highest BCUT2D eigenvalue weighted by Gasteiger charge is 2.52. The molecule has 0 aromatic rings. The number of carboxylic acid groups (broad SMARTS) is 1. The number of carboxylic acids is 1. The molecule has 0 radical (unpaired) electrons. The summed E-state index contributed by atoms with van der Waals surface area (Å²) < 4.78 is 24.5. The summed E-state index contributed by atoms with van der Waals surface area (Å²) in [5.74, 6) is -2.87. The van der Waals surface area contributed by atoms with Gasteiger partial charge in [0.25, 0.3) is 5.91 Å². The Hall–Kier alpha value is -1.20. The van der Waals surface area contributed by atoms with Gasteiger partial charge in [0.2, 0.25) is 0 Å². The van der Waals surface area contributed by atoms with Crippen LogP contribution in [0.1, 0.15) is 19.3 Å². The molecule has 0 spiro atoms. The molecule has 15 heavy (non-hydrogen) atoms. The van der Waals surface area contributed by atoms with E-state index in [0.29, 0.717) is 19.3 Å². The van der Waals surface area contributed by atoms with Crippen LogP contribution in [0, 0.1) is 5.92 Å². The molecule has 84 valence electrons. The first kappa shape index (κ1) is 10.3. The van der Waals surface area contributed by atoms with Crippen LogP contribution in [-0.2, 0) is 9.59 Å². The summed E-state index contributed by atoms with van der Waals surface area (Å²) in [6, 6.07) is -0.813. The Bertz CT molecular complexity index is 308. The zero-order valence-electron chi connectivity index (χ0n) is 7.90.